The summed E-state index contributed by atoms with van der Waals surface area (Å²) in [7, 11) is 1.33. The summed E-state index contributed by atoms with van der Waals surface area (Å²) in [6, 6.07) is 2.99. The second-order valence-electron chi connectivity index (χ2n) is 4.34. The van der Waals surface area contributed by atoms with E-state index < -0.39 is 11.4 Å². The molecule has 0 bridgehead atoms. The van der Waals surface area contributed by atoms with E-state index in [4.69, 9.17) is 10.5 Å². The Hall–Kier alpha value is -1.29. The van der Waals surface area contributed by atoms with Gasteiger partial charge in [0.05, 0.1) is 7.11 Å². The van der Waals surface area contributed by atoms with Gasteiger partial charge in [-0.1, -0.05) is 18.9 Å². The number of methoxy groups -OCH3 is 1. The molecule has 1 aromatic rings. The molecule has 0 amide bonds. The van der Waals surface area contributed by atoms with Crippen LogP contribution in [0.15, 0.2) is 12.1 Å². The molecule has 4 heteroatoms. The largest absolute Gasteiger partial charge is 0.504 e. The van der Waals surface area contributed by atoms with Crippen molar-refractivity contribution in [2.45, 2.75) is 31.2 Å². The first kappa shape index (κ1) is 11.2. The average Bonchev–Trinajstić information content (AvgIpc) is 2.66. The van der Waals surface area contributed by atoms with Crippen LogP contribution < -0.4 is 10.5 Å². The second-order valence-corrected chi connectivity index (χ2v) is 4.34. The molecule has 1 aromatic carbocycles. The lowest BCUT2D eigenvalue weighted by atomic mass is 9.88. The Labute approximate surface area is 94.0 Å². The SMILES string of the molecule is COc1c(O)ccc(C2(N)CCCC2)c1F. The normalized spacial score (nSPS) is 18.7. The van der Waals surface area contributed by atoms with Crippen LogP contribution in [0.5, 0.6) is 11.5 Å². The molecule has 0 spiro atoms. The number of phenols is 1. The van der Waals surface area contributed by atoms with Gasteiger partial charge in [0.15, 0.2) is 17.3 Å². The maximum atomic E-state index is 14.1. The van der Waals surface area contributed by atoms with Gasteiger partial charge in [0, 0.05) is 11.1 Å². The zero-order chi connectivity index (χ0) is 11.8. The third kappa shape index (κ3) is 1.63. The highest BCUT2D eigenvalue weighted by Crippen LogP contribution is 2.41. The highest BCUT2D eigenvalue weighted by molar-refractivity contribution is 5.45. The highest BCUT2D eigenvalue weighted by Gasteiger charge is 2.35. The number of hydrogen-bond acceptors (Lipinski definition) is 3. The van der Waals surface area contributed by atoms with Crippen LogP contribution in [0.1, 0.15) is 31.2 Å². The summed E-state index contributed by atoms with van der Waals surface area (Å²) in [5.41, 5.74) is 6.02. The Kier molecular flexibility index (Phi) is 2.76. The maximum absolute atomic E-state index is 14.1. The molecule has 1 aliphatic carbocycles. The number of hydrogen-bond donors (Lipinski definition) is 2. The van der Waals surface area contributed by atoms with Crippen LogP contribution in [0.2, 0.25) is 0 Å². The number of nitrogens with two attached hydrogens (primary N) is 1. The van der Waals surface area contributed by atoms with E-state index in [0.29, 0.717) is 5.56 Å². The van der Waals surface area contributed by atoms with Crippen molar-refractivity contribution in [3.8, 4) is 11.5 Å². The molecule has 0 heterocycles. The molecule has 3 nitrogen and oxygen atoms in total. The van der Waals surface area contributed by atoms with E-state index in [2.05, 4.69) is 0 Å². The van der Waals surface area contributed by atoms with Gasteiger partial charge in [0.25, 0.3) is 0 Å². The molecule has 0 radical (unpaired) electrons. The Morgan fingerprint density at radius 3 is 2.56 bits per heavy atom. The van der Waals surface area contributed by atoms with Crippen molar-refractivity contribution in [3.05, 3.63) is 23.5 Å². The zero-order valence-corrected chi connectivity index (χ0v) is 9.29. The predicted octanol–water partition coefficient (Wildman–Crippen LogP) is 2.27. The first-order chi connectivity index (χ1) is 7.58. The number of halogens is 1. The van der Waals surface area contributed by atoms with E-state index in [1.54, 1.807) is 6.07 Å². The van der Waals surface area contributed by atoms with Crippen molar-refractivity contribution in [1.82, 2.24) is 0 Å². The lowest BCUT2D eigenvalue weighted by Gasteiger charge is -2.25. The molecule has 2 rings (SSSR count). The van der Waals surface area contributed by atoms with Crippen molar-refractivity contribution >= 4 is 0 Å². The number of rotatable bonds is 2. The molecule has 0 aliphatic heterocycles. The molecule has 0 unspecified atom stereocenters. The molecule has 16 heavy (non-hydrogen) atoms. The summed E-state index contributed by atoms with van der Waals surface area (Å²) < 4.78 is 18.9. The topological polar surface area (TPSA) is 55.5 Å². The van der Waals surface area contributed by atoms with Gasteiger partial charge in [0.2, 0.25) is 0 Å². The second kappa shape index (κ2) is 3.94. The minimum Gasteiger partial charge on any atom is -0.504 e. The lowest BCUT2D eigenvalue weighted by Crippen LogP contribution is -2.34. The molecule has 1 saturated carbocycles. The molecule has 0 saturated heterocycles. The smallest absolute Gasteiger partial charge is 0.196 e. The maximum Gasteiger partial charge on any atom is 0.196 e. The first-order valence-electron chi connectivity index (χ1n) is 5.43. The molecule has 1 aliphatic rings. The molecule has 88 valence electrons. The first-order valence-corrected chi connectivity index (χ1v) is 5.43. The Bertz CT molecular complexity index is 400. The van der Waals surface area contributed by atoms with E-state index in [9.17, 15) is 9.50 Å². The number of phenolic OH excluding ortho intramolecular Hbond substituents is 1. The van der Waals surface area contributed by atoms with E-state index in [-0.39, 0.29) is 11.5 Å². The van der Waals surface area contributed by atoms with Crippen LogP contribution in [-0.2, 0) is 5.54 Å². The van der Waals surface area contributed by atoms with Crippen molar-refractivity contribution < 1.29 is 14.2 Å². The van der Waals surface area contributed by atoms with Gasteiger partial charge >= 0.3 is 0 Å². The van der Waals surface area contributed by atoms with E-state index >= 15 is 0 Å². The van der Waals surface area contributed by atoms with Gasteiger partial charge in [-0.2, -0.15) is 0 Å². The fourth-order valence-electron chi connectivity index (χ4n) is 2.40. The zero-order valence-electron chi connectivity index (χ0n) is 9.29. The summed E-state index contributed by atoms with van der Waals surface area (Å²) in [4.78, 5) is 0. The highest BCUT2D eigenvalue weighted by atomic mass is 19.1. The van der Waals surface area contributed by atoms with Crippen molar-refractivity contribution in [2.75, 3.05) is 7.11 Å². The Balaban J connectivity index is 2.49. The van der Waals surface area contributed by atoms with Gasteiger partial charge in [0.1, 0.15) is 0 Å². The van der Waals surface area contributed by atoms with Crippen molar-refractivity contribution in [3.63, 3.8) is 0 Å². The van der Waals surface area contributed by atoms with Crippen molar-refractivity contribution in [2.24, 2.45) is 5.73 Å². The Morgan fingerprint density at radius 1 is 1.38 bits per heavy atom. The van der Waals surface area contributed by atoms with Gasteiger partial charge in [-0.15, -0.1) is 0 Å². The van der Waals surface area contributed by atoms with Crippen molar-refractivity contribution in [1.29, 1.82) is 0 Å². The van der Waals surface area contributed by atoms with Gasteiger partial charge in [-0.3, -0.25) is 0 Å². The van der Waals surface area contributed by atoms with Gasteiger partial charge in [-0.05, 0) is 18.9 Å². The van der Waals surface area contributed by atoms with E-state index in [0.717, 1.165) is 25.7 Å². The van der Waals surface area contributed by atoms with Crippen LogP contribution in [0.25, 0.3) is 0 Å². The fourth-order valence-corrected chi connectivity index (χ4v) is 2.40. The van der Waals surface area contributed by atoms with Crippen LogP contribution in [-0.4, -0.2) is 12.2 Å². The summed E-state index contributed by atoms with van der Waals surface area (Å²) in [5, 5.41) is 9.44. The lowest BCUT2D eigenvalue weighted by molar-refractivity contribution is 0.340. The van der Waals surface area contributed by atoms with Crippen LogP contribution >= 0.6 is 0 Å². The number of ether oxygens (including phenoxy) is 1. The monoisotopic (exact) mass is 225 g/mol. The minimum atomic E-state index is -0.606. The fraction of sp³-hybridized carbons (Fsp3) is 0.500. The van der Waals surface area contributed by atoms with Gasteiger partial charge in [-0.25, -0.2) is 4.39 Å². The summed E-state index contributed by atoms with van der Waals surface area (Å²) in [5.74, 6) is -0.841. The minimum absolute atomic E-state index is 0.116. The molecule has 3 N–H and O–H groups in total. The van der Waals surface area contributed by atoms with Crippen LogP contribution in [0, 0.1) is 5.82 Å². The van der Waals surface area contributed by atoms with Crippen LogP contribution in [0.3, 0.4) is 0 Å². The third-order valence-electron chi connectivity index (χ3n) is 3.31. The standard InChI is InChI=1S/C12H16FNO2/c1-16-11-9(15)5-4-8(10(11)13)12(14)6-2-3-7-12/h4-5,15H,2-3,6-7,14H2,1H3. The number of aromatic hydroxyl groups is 1. The molecular weight excluding hydrogens is 209 g/mol. The molecule has 0 aromatic heterocycles. The summed E-state index contributed by atoms with van der Waals surface area (Å²) in [6.45, 7) is 0. The summed E-state index contributed by atoms with van der Waals surface area (Å²) in [6.07, 6.45) is 3.58. The van der Waals surface area contributed by atoms with Crippen LogP contribution in [0.4, 0.5) is 4.39 Å². The molecule has 0 atom stereocenters. The number of benzene rings is 1. The van der Waals surface area contributed by atoms with Gasteiger partial charge < -0.3 is 15.6 Å². The molecule has 1 fully saturated rings. The quantitative estimate of drug-likeness (QED) is 0.811. The van der Waals surface area contributed by atoms with E-state index in [1.165, 1.54) is 13.2 Å². The van der Waals surface area contributed by atoms with E-state index in [1.807, 2.05) is 0 Å². The summed E-state index contributed by atoms with van der Waals surface area (Å²) >= 11 is 0. The molecular formula is C12H16FNO2. The average molecular weight is 225 g/mol. The predicted molar refractivity (Wildman–Crippen MR) is 59.0 cm³/mol. The Morgan fingerprint density at radius 2 is 2.00 bits per heavy atom. The third-order valence-corrected chi connectivity index (χ3v) is 3.31.